The van der Waals surface area contributed by atoms with Gasteiger partial charge in [-0.05, 0) is 128 Å². The molecule has 0 atom stereocenters. The average Bonchev–Trinajstić information content (AvgIpc) is 3.29. The van der Waals surface area contributed by atoms with Crippen LogP contribution in [-0.2, 0) is 52.7 Å². The third kappa shape index (κ3) is 33.5. The Morgan fingerprint density at radius 3 is 1.08 bits per heavy atom. The van der Waals surface area contributed by atoms with E-state index in [9.17, 15) is 17.8 Å². The van der Waals surface area contributed by atoms with Crippen molar-refractivity contribution in [2.24, 2.45) is 0 Å². The molecule has 382 valence electrons. The minimum Gasteiger partial charge on any atom is -0.494 e. The summed E-state index contributed by atoms with van der Waals surface area (Å²) < 4.78 is 83.5. The molecule has 66 heavy (non-hydrogen) atoms. The Bertz CT molecular complexity index is 1460. The van der Waals surface area contributed by atoms with Gasteiger partial charge < -0.3 is 47.9 Å². The molecule has 0 heterocycles. The molecule has 0 spiro atoms. The lowest BCUT2D eigenvalue weighted by atomic mass is 9.94. The fourth-order valence-electron chi connectivity index (χ4n) is 6.89. The van der Waals surface area contributed by atoms with Crippen molar-refractivity contribution in [1.82, 2.24) is 5.32 Å². The normalized spacial score (nSPS) is 11.5. The molecular weight excluding hydrogens is 867 g/mol. The number of carbonyl (C=O) groups is 1. The van der Waals surface area contributed by atoms with Crippen LogP contribution in [0, 0.1) is 0 Å². The van der Waals surface area contributed by atoms with Crippen LogP contribution in [0.3, 0.4) is 0 Å². The lowest BCUT2D eigenvalue weighted by molar-refractivity contribution is 0.0955. The molecule has 0 saturated heterocycles. The van der Waals surface area contributed by atoms with Gasteiger partial charge in [-0.1, -0.05) is 39.0 Å². The van der Waals surface area contributed by atoms with Crippen LogP contribution in [0.1, 0.15) is 162 Å². The molecule has 15 heteroatoms. The SMILES string of the molecule is C=C(OCCCCCCOCCCCCOC)c1cc(C(=O)NCCS(=O)(=O)O)cc(C(=C)OCCCCCCOCCCCCOC)c1C(=C)OCCCCCCOCCCCCOC. The summed E-state index contributed by atoms with van der Waals surface area (Å²) >= 11 is 0. The Labute approximate surface area is 399 Å². The van der Waals surface area contributed by atoms with Crippen LogP contribution < -0.4 is 5.32 Å². The number of amides is 1. The molecule has 0 radical (unpaired) electrons. The molecule has 0 aromatic heterocycles. The maximum absolute atomic E-state index is 13.5. The Kier molecular flexibility index (Phi) is 38.9. The molecule has 0 fully saturated rings. The fourth-order valence-corrected chi connectivity index (χ4v) is 7.25. The van der Waals surface area contributed by atoms with Crippen LogP contribution in [0.4, 0.5) is 0 Å². The van der Waals surface area contributed by atoms with E-state index < -0.39 is 21.8 Å². The van der Waals surface area contributed by atoms with E-state index >= 15 is 0 Å². The highest BCUT2D eigenvalue weighted by Crippen LogP contribution is 2.35. The van der Waals surface area contributed by atoms with Crippen molar-refractivity contribution in [3.63, 3.8) is 0 Å². The monoisotopic (exact) mass is 956 g/mol. The largest absolute Gasteiger partial charge is 0.494 e. The molecule has 0 aliphatic rings. The molecule has 0 bridgehead atoms. The molecule has 1 aromatic rings. The van der Waals surface area contributed by atoms with Crippen LogP contribution in [0.15, 0.2) is 31.9 Å². The highest BCUT2D eigenvalue weighted by molar-refractivity contribution is 7.85. The number of carbonyl (C=O) groups excluding carboxylic acids is 1. The fraction of sp³-hybridized carbons (Fsp3) is 0.745. The molecular formula is C51H89NO13S. The first-order chi connectivity index (χ1) is 32.1. The summed E-state index contributed by atoms with van der Waals surface area (Å²) in [6.07, 6.45) is 20.7. The van der Waals surface area contributed by atoms with E-state index in [-0.39, 0.29) is 12.1 Å². The van der Waals surface area contributed by atoms with Gasteiger partial charge in [0.15, 0.2) is 0 Å². The van der Waals surface area contributed by atoms with Gasteiger partial charge in [-0.25, -0.2) is 0 Å². The first kappa shape index (κ1) is 61.0. The van der Waals surface area contributed by atoms with Gasteiger partial charge in [-0.2, -0.15) is 8.42 Å². The molecule has 0 aliphatic heterocycles. The summed E-state index contributed by atoms with van der Waals surface area (Å²) in [5.41, 5.74) is 1.73. The van der Waals surface area contributed by atoms with E-state index in [4.69, 9.17) is 42.6 Å². The second kappa shape index (κ2) is 42.1. The number of unbranched alkanes of at least 4 members (excludes halogenated alkanes) is 15. The van der Waals surface area contributed by atoms with Crippen LogP contribution in [0.2, 0.25) is 0 Å². The van der Waals surface area contributed by atoms with E-state index in [0.29, 0.717) is 53.8 Å². The van der Waals surface area contributed by atoms with Gasteiger partial charge in [-0.15, -0.1) is 0 Å². The zero-order chi connectivity index (χ0) is 48.4. The van der Waals surface area contributed by atoms with Gasteiger partial charge in [0.05, 0.1) is 25.6 Å². The first-order valence-corrected chi connectivity index (χ1v) is 26.2. The van der Waals surface area contributed by atoms with Crippen LogP contribution in [-0.4, -0.2) is 132 Å². The lowest BCUT2D eigenvalue weighted by Crippen LogP contribution is -2.29. The van der Waals surface area contributed by atoms with Crippen LogP contribution in [0.5, 0.6) is 0 Å². The standard InChI is InChI=1S/C51H89NO13S/c1-44(63-38-25-10-7-19-32-60-35-22-13-16-29-57-4)48-42-47(51(53)52-28-41-66(54,55)56)43-49(45(2)64-39-26-11-8-20-33-61-36-23-14-17-30-58-5)50(48)46(3)65-40-27-12-9-21-34-62-37-24-15-18-31-59-6/h42-43H,1-3,7-41H2,4-6H3,(H,52,53)(H,54,55,56). The first-order valence-electron chi connectivity index (χ1n) is 24.6. The van der Waals surface area contributed by atoms with Gasteiger partial charge in [-0.3, -0.25) is 9.35 Å². The summed E-state index contributed by atoms with van der Waals surface area (Å²) in [6, 6.07) is 3.27. The summed E-state index contributed by atoms with van der Waals surface area (Å²) in [5.74, 6) is -0.170. The van der Waals surface area contributed by atoms with Crippen molar-refractivity contribution in [3.8, 4) is 0 Å². The molecule has 1 amide bonds. The number of hydrogen-bond donors (Lipinski definition) is 2. The molecule has 0 unspecified atom stereocenters. The maximum atomic E-state index is 13.5. The van der Waals surface area contributed by atoms with E-state index in [1.165, 1.54) is 0 Å². The smallest absolute Gasteiger partial charge is 0.266 e. The molecule has 14 nitrogen and oxygen atoms in total. The Balaban J connectivity index is 3.02. The van der Waals surface area contributed by atoms with Crippen molar-refractivity contribution < 1.29 is 60.4 Å². The molecule has 1 rings (SSSR count). The van der Waals surface area contributed by atoms with E-state index in [1.54, 1.807) is 33.5 Å². The van der Waals surface area contributed by atoms with Crippen molar-refractivity contribution in [2.45, 2.75) is 135 Å². The van der Waals surface area contributed by atoms with Crippen molar-refractivity contribution in [1.29, 1.82) is 0 Å². The average molecular weight is 956 g/mol. The third-order valence-electron chi connectivity index (χ3n) is 10.7. The molecule has 1 aromatic carbocycles. The second-order valence-electron chi connectivity index (χ2n) is 16.5. The highest BCUT2D eigenvalue weighted by atomic mass is 32.2. The van der Waals surface area contributed by atoms with Gasteiger partial charge in [0.2, 0.25) is 0 Å². The highest BCUT2D eigenvalue weighted by Gasteiger charge is 2.23. The quantitative estimate of drug-likeness (QED) is 0.0360. The van der Waals surface area contributed by atoms with Gasteiger partial charge >= 0.3 is 0 Å². The number of hydrogen-bond acceptors (Lipinski definition) is 12. The van der Waals surface area contributed by atoms with Gasteiger partial charge in [0.1, 0.15) is 17.3 Å². The van der Waals surface area contributed by atoms with E-state index in [0.717, 1.165) is 194 Å². The number of benzene rings is 1. The number of ether oxygens (including phenoxy) is 9. The number of nitrogens with one attached hydrogen (secondary N) is 1. The maximum Gasteiger partial charge on any atom is 0.266 e. The Morgan fingerprint density at radius 2 is 0.758 bits per heavy atom. The second-order valence-corrected chi connectivity index (χ2v) is 18.1. The van der Waals surface area contributed by atoms with Crippen molar-refractivity contribution >= 4 is 33.3 Å². The predicted octanol–water partition coefficient (Wildman–Crippen LogP) is 10.4. The summed E-state index contributed by atoms with van der Waals surface area (Å²) in [4.78, 5) is 13.5. The van der Waals surface area contributed by atoms with Crippen LogP contribution in [0.25, 0.3) is 17.3 Å². The Morgan fingerprint density at radius 1 is 0.470 bits per heavy atom. The third-order valence-corrected chi connectivity index (χ3v) is 11.4. The predicted molar refractivity (Wildman–Crippen MR) is 265 cm³/mol. The number of rotatable bonds is 49. The van der Waals surface area contributed by atoms with Gasteiger partial charge in [0.25, 0.3) is 16.0 Å². The Hall–Kier alpha value is -3.02. The summed E-state index contributed by atoms with van der Waals surface area (Å²) in [7, 11) is 0.880. The van der Waals surface area contributed by atoms with E-state index in [2.05, 4.69) is 25.1 Å². The number of methoxy groups -OCH3 is 3. The zero-order valence-electron chi connectivity index (χ0n) is 41.3. The van der Waals surface area contributed by atoms with Crippen molar-refractivity contribution in [2.75, 3.05) is 113 Å². The molecule has 2 N–H and O–H groups in total. The minimum atomic E-state index is -4.28. The molecule has 0 saturated carbocycles. The van der Waals surface area contributed by atoms with E-state index in [1.807, 2.05) is 0 Å². The van der Waals surface area contributed by atoms with Crippen LogP contribution >= 0.6 is 0 Å². The summed E-state index contributed by atoms with van der Waals surface area (Å²) in [6.45, 7) is 20.7. The van der Waals surface area contributed by atoms with Crippen molar-refractivity contribution in [3.05, 3.63) is 54.1 Å². The minimum absolute atomic E-state index is 0.205. The zero-order valence-corrected chi connectivity index (χ0v) is 42.1. The topological polar surface area (TPSA) is 167 Å². The summed E-state index contributed by atoms with van der Waals surface area (Å²) in [5, 5.41) is 2.59. The molecule has 0 aliphatic carbocycles. The lowest BCUT2D eigenvalue weighted by Gasteiger charge is -2.22. The van der Waals surface area contributed by atoms with Gasteiger partial charge in [0, 0.05) is 110 Å².